The number of aromatic nitrogens is 3. The number of rotatable bonds is 8. The van der Waals surface area contributed by atoms with Gasteiger partial charge in [0, 0.05) is 31.7 Å². The van der Waals surface area contributed by atoms with Crippen LogP contribution in [0, 0.1) is 6.92 Å². The van der Waals surface area contributed by atoms with Crippen molar-refractivity contribution in [2.45, 2.75) is 45.7 Å². The quantitative estimate of drug-likeness (QED) is 0.417. The summed E-state index contributed by atoms with van der Waals surface area (Å²) < 4.78 is 7.73. The molecule has 1 unspecified atom stereocenters. The van der Waals surface area contributed by atoms with E-state index in [1.807, 2.05) is 36.0 Å². The van der Waals surface area contributed by atoms with Gasteiger partial charge in [-0.05, 0) is 63.5 Å². The average Bonchev–Trinajstić information content (AvgIpc) is 3.51. The summed E-state index contributed by atoms with van der Waals surface area (Å²) in [6.45, 7) is 8.36. The number of likely N-dealkylation sites (tertiary alicyclic amines) is 1. The first-order valence-corrected chi connectivity index (χ1v) is 11.5. The second-order valence-corrected chi connectivity index (χ2v) is 8.07. The van der Waals surface area contributed by atoms with Crippen LogP contribution in [-0.4, -0.2) is 51.6 Å². The van der Waals surface area contributed by atoms with Crippen molar-refractivity contribution in [2.24, 2.45) is 4.99 Å². The van der Waals surface area contributed by atoms with E-state index in [2.05, 4.69) is 44.6 Å². The summed E-state index contributed by atoms with van der Waals surface area (Å²) in [5.41, 5.74) is 1.06. The molecule has 2 N–H and O–H groups in total. The van der Waals surface area contributed by atoms with E-state index in [0.717, 1.165) is 55.1 Å². The van der Waals surface area contributed by atoms with Gasteiger partial charge in [-0.2, -0.15) is 0 Å². The van der Waals surface area contributed by atoms with Crippen molar-refractivity contribution in [3.8, 4) is 5.82 Å². The van der Waals surface area contributed by atoms with E-state index in [4.69, 9.17) is 9.41 Å². The Morgan fingerprint density at radius 2 is 2.03 bits per heavy atom. The molecule has 32 heavy (non-hydrogen) atoms. The lowest BCUT2D eigenvalue weighted by atomic mass is 10.1. The van der Waals surface area contributed by atoms with E-state index in [1.54, 1.807) is 12.5 Å². The van der Waals surface area contributed by atoms with Crippen molar-refractivity contribution in [1.82, 2.24) is 30.1 Å². The predicted octanol–water partition coefficient (Wildman–Crippen LogP) is 3.45. The Hall–Kier alpha value is -3.13. The van der Waals surface area contributed by atoms with Gasteiger partial charge in [-0.25, -0.2) is 15.0 Å². The molecule has 1 saturated heterocycles. The fourth-order valence-electron chi connectivity index (χ4n) is 4.10. The number of hydrogen-bond donors (Lipinski definition) is 2. The smallest absolute Gasteiger partial charge is 0.191 e. The third kappa shape index (κ3) is 5.56. The first-order valence-electron chi connectivity index (χ1n) is 11.5. The third-order valence-electron chi connectivity index (χ3n) is 5.81. The largest absolute Gasteiger partial charge is 0.468 e. The number of aliphatic imine (C=N–C) groups is 1. The summed E-state index contributed by atoms with van der Waals surface area (Å²) in [5.74, 6) is 3.59. The molecule has 0 aliphatic carbocycles. The maximum atomic E-state index is 5.76. The maximum Gasteiger partial charge on any atom is 0.191 e. The van der Waals surface area contributed by atoms with Crippen LogP contribution < -0.4 is 10.6 Å². The maximum absolute atomic E-state index is 5.76. The molecule has 1 aliphatic heterocycles. The summed E-state index contributed by atoms with van der Waals surface area (Å²) >= 11 is 0. The van der Waals surface area contributed by atoms with Crippen LogP contribution in [-0.2, 0) is 6.54 Å². The molecule has 3 aromatic heterocycles. The highest BCUT2D eigenvalue weighted by Gasteiger charge is 2.24. The van der Waals surface area contributed by atoms with Gasteiger partial charge in [0.2, 0.25) is 0 Å². The van der Waals surface area contributed by atoms with Gasteiger partial charge in [-0.3, -0.25) is 9.47 Å². The first-order chi connectivity index (χ1) is 15.7. The molecule has 0 bridgehead atoms. The fraction of sp³-hybridized carbons (Fsp3) is 0.458. The highest BCUT2D eigenvalue weighted by Crippen LogP contribution is 2.24. The Kier molecular flexibility index (Phi) is 7.55. The zero-order chi connectivity index (χ0) is 22.2. The van der Waals surface area contributed by atoms with Crippen LogP contribution in [0.1, 0.15) is 49.4 Å². The van der Waals surface area contributed by atoms with Gasteiger partial charge < -0.3 is 15.1 Å². The minimum absolute atomic E-state index is 0.202. The van der Waals surface area contributed by atoms with Gasteiger partial charge in [-0.1, -0.05) is 12.5 Å². The fourth-order valence-corrected chi connectivity index (χ4v) is 4.10. The SMILES string of the molecule is CCNC(=NCc1ccc(-n2ccnc2C)nc1)NCC(c1ccco1)N1CCCCC1. The molecule has 3 aromatic rings. The number of imidazole rings is 1. The van der Waals surface area contributed by atoms with E-state index in [9.17, 15) is 0 Å². The molecular weight excluding hydrogens is 402 g/mol. The van der Waals surface area contributed by atoms with Crippen LogP contribution in [0.25, 0.3) is 5.82 Å². The monoisotopic (exact) mass is 435 g/mol. The van der Waals surface area contributed by atoms with Crippen LogP contribution in [0.4, 0.5) is 0 Å². The van der Waals surface area contributed by atoms with E-state index >= 15 is 0 Å². The molecule has 8 nitrogen and oxygen atoms in total. The molecule has 4 rings (SSSR count). The number of nitrogens with zero attached hydrogens (tertiary/aromatic N) is 5. The molecule has 1 atom stereocenters. The van der Waals surface area contributed by atoms with Gasteiger partial charge in [0.05, 0.1) is 18.8 Å². The molecule has 0 saturated carbocycles. The van der Waals surface area contributed by atoms with Gasteiger partial charge in [-0.15, -0.1) is 0 Å². The third-order valence-corrected chi connectivity index (χ3v) is 5.81. The van der Waals surface area contributed by atoms with Crippen molar-refractivity contribution >= 4 is 5.96 Å². The molecule has 0 radical (unpaired) electrons. The van der Waals surface area contributed by atoms with Crippen molar-refractivity contribution < 1.29 is 4.42 Å². The first kappa shape index (κ1) is 22.1. The Morgan fingerprint density at radius 1 is 1.16 bits per heavy atom. The van der Waals surface area contributed by atoms with Gasteiger partial charge >= 0.3 is 0 Å². The Balaban J connectivity index is 1.40. The zero-order valence-corrected chi connectivity index (χ0v) is 19.0. The Morgan fingerprint density at radius 3 is 2.69 bits per heavy atom. The number of hydrogen-bond acceptors (Lipinski definition) is 5. The normalized spacial score (nSPS) is 16.1. The summed E-state index contributed by atoms with van der Waals surface area (Å²) in [7, 11) is 0. The van der Waals surface area contributed by atoms with Gasteiger partial charge in [0.1, 0.15) is 17.4 Å². The number of furan rings is 1. The molecule has 4 heterocycles. The molecular formula is C24H33N7O. The molecule has 0 aromatic carbocycles. The van der Waals surface area contributed by atoms with Crippen molar-refractivity contribution in [3.63, 3.8) is 0 Å². The molecule has 0 amide bonds. The van der Waals surface area contributed by atoms with Crippen LogP contribution >= 0.6 is 0 Å². The second kappa shape index (κ2) is 10.9. The molecule has 1 aliphatic rings. The number of guanidine groups is 1. The highest BCUT2D eigenvalue weighted by atomic mass is 16.3. The molecule has 0 spiro atoms. The number of aryl methyl sites for hydroxylation is 1. The zero-order valence-electron chi connectivity index (χ0n) is 19.0. The minimum Gasteiger partial charge on any atom is -0.468 e. The molecule has 1 fully saturated rings. The number of nitrogens with one attached hydrogen (secondary N) is 2. The van der Waals surface area contributed by atoms with Crippen LogP contribution in [0.3, 0.4) is 0 Å². The van der Waals surface area contributed by atoms with Crippen molar-refractivity contribution in [3.05, 3.63) is 66.3 Å². The lowest BCUT2D eigenvalue weighted by molar-refractivity contribution is 0.146. The van der Waals surface area contributed by atoms with Crippen LogP contribution in [0.15, 0.2) is 58.5 Å². The number of piperidine rings is 1. The van der Waals surface area contributed by atoms with Crippen LogP contribution in [0.5, 0.6) is 0 Å². The van der Waals surface area contributed by atoms with E-state index in [-0.39, 0.29) is 6.04 Å². The second-order valence-electron chi connectivity index (χ2n) is 8.07. The topological polar surface area (TPSA) is 83.5 Å². The summed E-state index contributed by atoms with van der Waals surface area (Å²) in [6, 6.07) is 8.30. The minimum atomic E-state index is 0.202. The van der Waals surface area contributed by atoms with Crippen molar-refractivity contribution in [1.29, 1.82) is 0 Å². The Labute approximate surface area is 189 Å². The van der Waals surface area contributed by atoms with Gasteiger partial charge in [0.25, 0.3) is 0 Å². The lowest BCUT2D eigenvalue weighted by Crippen LogP contribution is -2.44. The molecule has 8 heteroatoms. The van der Waals surface area contributed by atoms with E-state index < -0.39 is 0 Å². The highest BCUT2D eigenvalue weighted by molar-refractivity contribution is 5.79. The summed E-state index contributed by atoms with van der Waals surface area (Å²) in [4.78, 5) is 16.1. The Bertz CT molecular complexity index is 972. The predicted molar refractivity (Wildman–Crippen MR) is 126 cm³/mol. The summed E-state index contributed by atoms with van der Waals surface area (Å²) in [5, 5.41) is 6.88. The van der Waals surface area contributed by atoms with E-state index in [1.165, 1.54) is 19.3 Å². The standard InChI is InChI=1S/C24H33N7O/c1-3-25-24(28-17-20-9-10-23(27-16-20)31-14-11-26-19(31)2)29-18-21(22-8-7-15-32-22)30-12-5-4-6-13-30/h7-11,14-16,21H,3-6,12-13,17-18H2,1-2H3,(H2,25,28,29). The number of pyridine rings is 1. The molecule has 170 valence electrons. The summed E-state index contributed by atoms with van der Waals surface area (Å²) in [6.07, 6.45) is 11.1. The van der Waals surface area contributed by atoms with Crippen molar-refractivity contribution in [2.75, 3.05) is 26.2 Å². The van der Waals surface area contributed by atoms with E-state index in [0.29, 0.717) is 6.54 Å². The lowest BCUT2D eigenvalue weighted by Gasteiger charge is -2.33. The van der Waals surface area contributed by atoms with Gasteiger partial charge in [0.15, 0.2) is 5.96 Å². The van der Waals surface area contributed by atoms with Crippen LogP contribution in [0.2, 0.25) is 0 Å². The average molecular weight is 436 g/mol.